The molecule has 2 aromatic carbocycles. The number of rotatable bonds is 3. The van der Waals surface area contributed by atoms with Crippen LogP contribution in [0.15, 0.2) is 53.4 Å². The van der Waals surface area contributed by atoms with Gasteiger partial charge in [0.15, 0.2) is 5.54 Å². The highest BCUT2D eigenvalue weighted by molar-refractivity contribution is 7.98. The molecule has 7 heteroatoms. The Morgan fingerprint density at radius 1 is 1.23 bits per heavy atom. The molecule has 0 bridgehead atoms. The van der Waals surface area contributed by atoms with Crippen LogP contribution in [-0.2, 0) is 10.3 Å². The zero-order chi connectivity index (χ0) is 18.5. The second kappa shape index (κ2) is 6.10. The van der Waals surface area contributed by atoms with E-state index in [0.29, 0.717) is 17.8 Å². The summed E-state index contributed by atoms with van der Waals surface area (Å²) in [4.78, 5) is 27.8. The summed E-state index contributed by atoms with van der Waals surface area (Å²) in [7, 11) is 1.80. The van der Waals surface area contributed by atoms with Gasteiger partial charge in [0.2, 0.25) is 0 Å². The molecule has 1 spiro atoms. The number of hydrogen-bond acceptors (Lipinski definition) is 5. The van der Waals surface area contributed by atoms with Crippen LogP contribution in [0, 0.1) is 10.1 Å². The summed E-state index contributed by atoms with van der Waals surface area (Å²) < 4.78 is 0. The number of nitrogens with one attached hydrogen (secondary N) is 1. The summed E-state index contributed by atoms with van der Waals surface area (Å²) in [5.74, 6) is -0.672. The predicted molar refractivity (Wildman–Crippen MR) is 101 cm³/mol. The number of thioether (sulfide) groups is 1. The van der Waals surface area contributed by atoms with Gasteiger partial charge >= 0.3 is 0 Å². The van der Waals surface area contributed by atoms with Crippen LogP contribution in [0.1, 0.15) is 17.0 Å². The van der Waals surface area contributed by atoms with Gasteiger partial charge in [0.1, 0.15) is 0 Å². The number of nitrogens with zero attached hydrogens (tertiary/aromatic N) is 2. The molecule has 0 aromatic heterocycles. The minimum Gasteiger partial charge on any atom is -0.324 e. The van der Waals surface area contributed by atoms with Crippen molar-refractivity contribution < 1.29 is 9.72 Å². The van der Waals surface area contributed by atoms with Crippen molar-refractivity contribution in [3.8, 4) is 0 Å². The summed E-state index contributed by atoms with van der Waals surface area (Å²) in [5.41, 5.74) is 0.973. The quantitative estimate of drug-likeness (QED) is 0.511. The summed E-state index contributed by atoms with van der Waals surface area (Å²) in [6, 6.07) is 14.1. The minimum absolute atomic E-state index is 0.279. The van der Waals surface area contributed by atoms with Crippen LogP contribution in [-0.4, -0.2) is 41.6 Å². The molecule has 0 unspecified atom stereocenters. The first kappa shape index (κ1) is 17.1. The first-order valence-electron chi connectivity index (χ1n) is 8.39. The molecule has 26 heavy (non-hydrogen) atoms. The fourth-order valence-electron chi connectivity index (χ4n) is 4.43. The molecule has 2 aliphatic rings. The Morgan fingerprint density at radius 3 is 2.58 bits per heavy atom. The Bertz CT molecular complexity index is 886. The van der Waals surface area contributed by atoms with Crippen molar-refractivity contribution in [2.75, 3.05) is 25.2 Å². The van der Waals surface area contributed by atoms with E-state index < -0.39 is 11.6 Å². The number of likely N-dealkylation sites (N-methyl/N-ethyl adjacent to an activating group) is 1. The van der Waals surface area contributed by atoms with E-state index >= 15 is 0 Å². The largest absolute Gasteiger partial charge is 0.324 e. The number of carbonyl (C=O) groups excluding carboxylic acids is 1. The number of carbonyl (C=O) groups is 1. The van der Waals surface area contributed by atoms with Crippen molar-refractivity contribution in [2.45, 2.75) is 22.4 Å². The minimum atomic E-state index is -1.27. The van der Waals surface area contributed by atoms with Crippen molar-refractivity contribution >= 4 is 23.4 Å². The molecule has 1 N–H and O–H groups in total. The number of anilines is 1. The van der Waals surface area contributed by atoms with Gasteiger partial charge in [0, 0.05) is 27.6 Å². The molecule has 2 aliphatic heterocycles. The molecule has 2 aromatic rings. The van der Waals surface area contributed by atoms with Gasteiger partial charge in [-0.25, -0.2) is 0 Å². The number of fused-ring (bicyclic) bond motifs is 2. The van der Waals surface area contributed by atoms with E-state index in [9.17, 15) is 14.9 Å². The van der Waals surface area contributed by atoms with Crippen LogP contribution in [0.3, 0.4) is 0 Å². The van der Waals surface area contributed by atoms with Crippen LogP contribution >= 0.6 is 11.8 Å². The lowest BCUT2D eigenvalue weighted by atomic mass is 9.79. The summed E-state index contributed by atoms with van der Waals surface area (Å²) in [5, 5.41) is 15.0. The van der Waals surface area contributed by atoms with Crippen LogP contribution < -0.4 is 5.32 Å². The van der Waals surface area contributed by atoms with Crippen molar-refractivity contribution in [2.24, 2.45) is 0 Å². The van der Waals surface area contributed by atoms with Crippen LogP contribution in [0.4, 0.5) is 5.69 Å². The molecule has 1 saturated heterocycles. The zero-order valence-corrected chi connectivity index (χ0v) is 15.3. The lowest BCUT2D eigenvalue weighted by Gasteiger charge is -2.30. The van der Waals surface area contributed by atoms with Gasteiger partial charge in [0.05, 0.1) is 5.92 Å². The topological polar surface area (TPSA) is 75.5 Å². The van der Waals surface area contributed by atoms with Gasteiger partial charge in [-0.15, -0.1) is 11.8 Å². The monoisotopic (exact) mass is 369 g/mol. The average molecular weight is 369 g/mol. The molecule has 4 rings (SSSR count). The van der Waals surface area contributed by atoms with E-state index in [2.05, 4.69) is 5.32 Å². The number of para-hydroxylation sites is 1. The molecule has 0 saturated carbocycles. The van der Waals surface area contributed by atoms with Crippen LogP contribution in [0.25, 0.3) is 0 Å². The van der Waals surface area contributed by atoms with Crippen LogP contribution in [0.2, 0.25) is 0 Å². The molecule has 1 amide bonds. The molecule has 1 fully saturated rings. The molecule has 6 nitrogen and oxygen atoms in total. The smallest absolute Gasteiger partial charge is 0.256 e. The van der Waals surface area contributed by atoms with Crippen LogP contribution in [0.5, 0.6) is 0 Å². The first-order valence-corrected chi connectivity index (χ1v) is 9.62. The van der Waals surface area contributed by atoms with E-state index in [1.807, 2.05) is 53.6 Å². The highest BCUT2D eigenvalue weighted by Crippen LogP contribution is 2.51. The third-order valence-electron chi connectivity index (χ3n) is 5.58. The lowest BCUT2D eigenvalue weighted by molar-refractivity contribution is -0.534. The fourth-order valence-corrected chi connectivity index (χ4v) is 4.84. The number of hydrogen-bond donors (Lipinski definition) is 1. The highest BCUT2D eigenvalue weighted by atomic mass is 32.2. The second-order valence-corrected chi connectivity index (χ2v) is 7.64. The van der Waals surface area contributed by atoms with E-state index in [1.165, 1.54) is 0 Å². The lowest BCUT2D eigenvalue weighted by Crippen LogP contribution is -2.54. The SMILES string of the molecule is CSc1ccc([C@@H]2CN(C)[C@@]3(C(=O)Nc4ccccc43)[C@H]2[N+](=O)[O-])cc1. The van der Waals surface area contributed by atoms with Gasteiger partial charge in [-0.3, -0.25) is 19.8 Å². The Labute approximate surface area is 155 Å². The number of nitro groups is 1. The highest BCUT2D eigenvalue weighted by Gasteiger charge is 2.68. The molecular weight excluding hydrogens is 350 g/mol. The van der Waals surface area contributed by atoms with Crippen molar-refractivity contribution in [1.82, 2.24) is 4.90 Å². The number of likely N-dealkylation sites (tertiary alicyclic amines) is 1. The Kier molecular flexibility index (Phi) is 4.00. The van der Waals surface area contributed by atoms with E-state index in [-0.39, 0.29) is 16.7 Å². The Balaban J connectivity index is 1.86. The maximum Gasteiger partial charge on any atom is 0.256 e. The standard InChI is InChI=1S/C19H19N3O3S/c1-21-11-14(12-7-9-13(26-2)10-8-12)17(22(24)25)19(21)15-5-3-4-6-16(15)20-18(19)23/h3-10,14,17H,11H2,1-2H3,(H,20,23)/t14-,17-,19+/m0/s1. The van der Waals surface area contributed by atoms with E-state index in [0.717, 1.165) is 10.5 Å². The number of amides is 1. The summed E-state index contributed by atoms with van der Waals surface area (Å²) >= 11 is 1.63. The van der Waals surface area contributed by atoms with Crippen molar-refractivity contribution in [3.05, 3.63) is 69.8 Å². The zero-order valence-electron chi connectivity index (χ0n) is 14.5. The van der Waals surface area contributed by atoms with Gasteiger partial charge in [0.25, 0.3) is 11.9 Å². The maximum atomic E-state index is 13.0. The van der Waals surface area contributed by atoms with Gasteiger partial charge in [-0.05, 0) is 37.1 Å². The average Bonchev–Trinajstić information content (AvgIpc) is 3.11. The summed E-state index contributed by atoms with van der Waals surface area (Å²) in [6.07, 6.45) is 1.99. The Morgan fingerprint density at radius 2 is 1.92 bits per heavy atom. The molecule has 0 radical (unpaired) electrons. The normalized spacial score (nSPS) is 27.5. The van der Waals surface area contributed by atoms with E-state index in [4.69, 9.17) is 0 Å². The number of benzene rings is 2. The molecule has 134 valence electrons. The third-order valence-corrected chi connectivity index (χ3v) is 6.33. The Hall–Kier alpha value is -2.38. The van der Waals surface area contributed by atoms with Gasteiger partial charge in [-0.2, -0.15) is 0 Å². The van der Waals surface area contributed by atoms with Gasteiger partial charge in [-0.1, -0.05) is 30.3 Å². The first-order chi connectivity index (χ1) is 12.5. The third kappa shape index (κ3) is 2.20. The molecule has 3 atom stereocenters. The van der Waals surface area contributed by atoms with E-state index in [1.54, 1.807) is 24.9 Å². The fraction of sp³-hybridized carbons (Fsp3) is 0.316. The second-order valence-electron chi connectivity index (χ2n) is 6.76. The maximum absolute atomic E-state index is 13.0. The molecule has 2 heterocycles. The van der Waals surface area contributed by atoms with Gasteiger partial charge < -0.3 is 5.32 Å². The van der Waals surface area contributed by atoms with Crippen molar-refractivity contribution in [3.63, 3.8) is 0 Å². The van der Waals surface area contributed by atoms with Crippen molar-refractivity contribution in [1.29, 1.82) is 0 Å². The molecular formula is C19H19N3O3S. The summed E-state index contributed by atoms with van der Waals surface area (Å²) in [6.45, 7) is 0.450. The molecule has 0 aliphatic carbocycles. The predicted octanol–water partition coefficient (Wildman–Crippen LogP) is 2.93.